The fourth-order valence-corrected chi connectivity index (χ4v) is 4.32. The van der Waals surface area contributed by atoms with Gasteiger partial charge in [-0.25, -0.2) is 4.68 Å². The molecule has 23 heavy (non-hydrogen) atoms. The summed E-state index contributed by atoms with van der Waals surface area (Å²) in [6.45, 7) is 5.53. The molecule has 0 aliphatic carbocycles. The predicted molar refractivity (Wildman–Crippen MR) is 87.2 cm³/mol. The van der Waals surface area contributed by atoms with Crippen molar-refractivity contribution in [1.82, 2.24) is 14.7 Å². The van der Waals surface area contributed by atoms with E-state index in [9.17, 15) is 4.79 Å². The van der Waals surface area contributed by atoms with E-state index in [1.165, 1.54) is 0 Å². The normalized spacial score (nSPS) is 31.6. The number of hydrogen-bond donors (Lipinski definition) is 1. The van der Waals surface area contributed by atoms with Crippen molar-refractivity contribution in [3.8, 4) is 0 Å². The molecule has 0 aromatic carbocycles. The van der Waals surface area contributed by atoms with E-state index in [0.717, 1.165) is 57.6 Å². The Kier molecular flexibility index (Phi) is 4.11. The van der Waals surface area contributed by atoms with E-state index < -0.39 is 0 Å². The third kappa shape index (κ3) is 2.90. The lowest BCUT2D eigenvalue weighted by molar-refractivity contribution is -0.121. The zero-order valence-electron chi connectivity index (χ0n) is 13.8. The van der Waals surface area contributed by atoms with Crippen LogP contribution in [0.3, 0.4) is 0 Å². The summed E-state index contributed by atoms with van der Waals surface area (Å²) in [6, 6.07) is 2.30. The van der Waals surface area contributed by atoms with Crippen LogP contribution in [0.15, 0.2) is 12.3 Å². The first-order valence-electron chi connectivity index (χ1n) is 8.96. The molecule has 1 amide bonds. The quantitative estimate of drug-likeness (QED) is 0.923. The van der Waals surface area contributed by atoms with Gasteiger partial charge in [0.2, 0.25) is 5.91 Å². The molecule has 6 nitrogen and oxygen atoms in total. The standard InChI is InChI=1S/C17H26N4O2/c1-2-20-9-6-12(7-10-20)21-16(5-8-18-21)19-17(22)14-11-13-3-4-15(14)23-13/h5,8,12-15H,2-4,6-7,9-11H2,1H3,(H,19,22)/t13-,14-,15+/m1/s1. The minimum atomic E-state index is 0.0130. The number of amides is 1. The molecule has 126 valence electrons. The average Bonchev–Trinajstić information content (AvgIpc) is 3.31. The highest BCUT2D eigenvalue weighted by Gasteiger charge is 2.44. The van der Waals surface area contributed by atoms with Crippen molar-refractivity contribution in [2.45, 2.75) is 57.3 Å². The molecule has 1 aromatic rings. The largest absolute Gasteiger partial charge is 0.374 e. The number of carbonyl (C=O) groups excluding carboxylic acids is 1. The van der Waals surface area contributed by atoms with Gasteiger partial charge in [0, 0.05) is 19.2 Å². The first kappa shape index (κ1) is 15.1. The van der Waals surface area contributed by atoms with Crippen molar-refractivity contribution in [2.75, 3.05) is 25.0 Å². The van der Waals surface area contributed by atoms with E-state index in [-0.39, 0.29) is 17.9 Å². The van der Waals surface area contributed by atoms with Gasteiger partial charge >= 0.3 is 0 Å². The number of hydrogen-bond acceptors (Lipinski definition) is 4. The van der Waals surface area contributed by atoms with Crippen LogP contribution in [0, 0.1) is 5.92 Å². The fourth-order valence-electron chi connectivity index (χ4n) is 4.32. The minimum absolute atomic E-state index is 0.0130. The van der Waals surface area contributed by atoms with Gasteiger partial charge in [-0.15, -0.1) is 0 Å². The van der Waals surface area contributed by atoms with E-state index in [1.54, 1.807) is 6.20 Å². The molecule has 2 bridgehead atoms. The highest BCUT2D eigenvalue weighted by molar-refractivity contribution is 5.92. The number of aromatic nitrogens is 2. The van der Waals surface area contributed by atoms with E-state index >= 15 is 0 Å². The fraction of sp³-hybridized carbons (Fsp3) is 0.765. The number of carbonyl (C=O) groups is 1. The number of fused-ring (bicyclic) bond motifs is 2. The predicted octanol–water partition coefficient (Wildman–Crippen LogP) is 2.05. The van der Waals surface area contributed by atoms with E-state index in [0.29, 0.717) is 12.1 Å². The van der Waals surface area contributed by atoms with Crippen LogP contribution < -0.4 is 5.32 Å². The molecule has 3 aliphatic heterocycles. The highest BCUT2D eigenvalue weighted by atomic mass is 16.5. The molecule has 3 aliphatic rings. The molecular weight excluding hydrogens is 292 g/mol. The van der Waals surface area contributed by atoms with E-state index in [4.69, 9.17) is 4.74 Å². The number of anilines is 1. The average molecular weight is 318 g/mol. The Morgan fingerprint density at radius 2 is 2.17 bits per heavy atom. The van der Waals surface area contributed by atoms with E-state index in [1.807, 2.05) is 10.7 Å². The second-order valence-electron chi connectivity index (χ2n) is 7.03. The van der Waals surface area contributed by atoms with Crippen LogP contribution in [0.2, 0.25) is 0 Å². The maximum atomic E-state index is 12.6. The van der Waals surface area contributed by atoms with Crippen LogP contribution in [0.1, 0.15) is 45.1 Å². The van der Waals surface area contributed by atoms with Crippen molar-refractivity contribution in [2.24, 2.45) is 5.92 Å². The first-order chi connectivity index (χ1) is 11.2. The Balaban J connectivity index is 1.40. The maximum Gasteiger partial charge on any atom is 0.231 e. The van der Waals surface area contributed by atoms with Gasteiger partial charge in [-0.3, -0.25) is 4.79 Å². The van der Waals surface area contributed by atoms with Crippen LogP contribution in [-0.2, 0) is 9.53 Å². The Morgan fingerprint density at radius 1 is 1.35 bits per heavy atom. The summed E-state index contributed by atoms with van der Waals surface area (Å²) in [5.74, 6) is 0.955. The van der Waals surface area contributed by atoms with Crippen LogP contribution in [0.25, 0.3) is 0 Å². The van der Waals surface area contributed by atoms with Gasteiger partial charge < -0.3 is 15.0 Å². The second-order valence-corrected chi connectivity index (χ2v) is 7.03. The lowest BCUT2D eigenvalue weighted by Gasteiger charge is -2.32. The molecule has 1 N–H and O–H groups in total. The van der Waals surface area contributed by atoms with Crippen LogP contribution >= 0.6 is 0 Å². The lowest BCUT2D eigenvalue weighted by Crippen LogP contribution is -2.36. The molecule has 4 rings (SSSR count). The minimum Gasteiger partial charge on any atom is -0.374 e. The number of nitrogens with one attached hydrogen (secondary N) is 1. The Morgan fingerprint density at radius 3 is 2.83 bits per heavy atom. The zero-order valence-corrected chi connectivity index (χ0v) is 13.8. The molecular formula is C17H26N4O2. The van der Waals surface area contributed by atoms with E-state index in [2.05, 4.69) is 22.2 Å². The van der Waals surface area contributed by atoms with Gasteiger partial charge in [-0.1, -0.05) is 6.92 Å². The molecule has 3 saturated heterocycles. The Hall–Kier alpha value is -1.40. The molecule has 6 heteroatoms. The molecule has 0 saturated carbocycles. The van der Waals surface area contributed by atoms with Gasteiger partial charge in [0.05, 0.1) is 30.4 Å². The van der Waals surface area contributed by atoms with Crippen LogP contribution in [0.5, 0.6) is 0 Å². The highest BCUT2D eigenvalue weighted by Crippen LogP contribution is 2.39. The third-order valence-electron chi connectivity index (χ3n) is 5.71. The smallest absolute Gasteiger partial charge is 0.231 e. The van der Waals surface area contributed by atoms with Crippen LogP contribution in [0.4, 0.5) is 5.82 Å². The summed E-state index contributed by atoms with van der Waals surface area (Å²) in [6.07, 6.45) is 7.42. The summed E-state index contributed by atoms with van der Waals surface area (Å²) < 4.78 is 7.82. The van der Waals surface area contributed by atoms with Gasteiger partial charge in [-0.05, 0) is 38.6 Å². The maximum absolute atomic E-state index is 12.6. The van der Waals surface area contributed by atoms with Crippen molar-refractivity contribution < 1.29 is 9.53 Å². The monoisotopic (exact) mass is 318 g/mol. The van der Waals surface area contributed by atoms with Gasteiger partial charge in [-0.2, -0.15) is 5.10 Å². The summed E-state index contributed by atoms with van der Waals surface area (Å²) in [7, 11) is 0. The van der Waals surface area contributed by atoms with Crippen molar-refractivity contribution in [3.63, 3.8) is 0 Å². The SMILES string of the molecule is CCN1CCC(n2nccc2NC(=O)[C@@H]2C[C@H]3CC[C@@H]2O3)CC1. The van der Waals surface area contributed by atoms with Crippen molar-refractivity contribution >= 4 is 11.7 Å². The molecule has 3 atom stereocenters. The molecule has 1 aromatic heterocycles. The first-order valence-corrected chi connectivity index (χ1v) is 8.96. The molecule has 4 heterocycles. The summed E-state index contributed by atoms with van der Waals surface area (Å²) >= 11 is 0. The Labute approximate surface area is 137 Å². The van der Waals surface area contributed by atoms with Crippen LogP contribution in [-0.4, -0.2) is 52.4 Å². The number of likely N-dealkylation sites (tertiary alicyclic amines) is 1. The van der Waals surface area contributed by atoms with Gasteiger partial charge in [0.15, 0.2) is 0 Å². The summed E-state index contributed by atoms with van der Waals surface area (Å²) in [5.41, 5.74) is 0. The molecule has 0 spiro atoms. The number of nitrogens with zero attached hydrogens (tertiary/aromatic N) is 3. The van der Waals surface area contributed by atoms with Crippen molar-refractivity contribution in [1.29, 1.82) is 0 Å². The summed E-state index contributed by atoms with van der Waals surface area (Å²) in [4.78, 5) is 15.1. The topological polar surface area (TPSA) is 59.4 Å². The summed E-state index contributed by atoms with van der Waals surface area (Å²) in [5, 5.41) is 7.58. The number of rotatable bonds is 4. The van der Waals surface area contributed by atoms with Gasteiger partial charge in [0.1, 0.15) is 5.82 Å². The van der Waals surface area contributed by atoms with Crippen molar-refractivity contribution in [3.05, 3.63) is 12.3 Å². The lowest BCUT2D eigenvalue weighted by atomic mass is 9.88. The van der Waals surface area contributed by atoms with Gasteiger partial charge in [0.25, 0.3) is 0 Å². The third-order valence-corrected chi connectivity index (χ3v) is 5.71. The Bertz CT molecular complexity index is 565. The second kappa shape index (κ2) is 6.24. The molecule has 3 fully saturated rings. The molecule has 0 radical (unpaired) electrons. The number of piperidine rings is 1. The number of ether oxygens (including phenoxy) is 1. The molecule has 0 unspecified atom stereocenters. The zero-order chi connectivity index (χ0) is 15.8.